The number of ether oxygens (including phenoxy) is 1. The van der Waals surface area contributed by atoms with Crippen molar-refractivity contribution in [1.82, 2.24) is 15.8 Å². The first-order chi connectivity index (χ1) is 13.3. The number of methoxy groups -OCH3 is 1. The smallest absolute Gasteiger partial charge is 0.344 e. The predicted molar refractivity (Wildman–Crippen MR) is 103 cm³/mol. The zero-order valence-electron chi connectivity index (χ0n) is 16.1. The molecule has 1 atom stereocenters. The average molecular weight is 410 g/mol. The lowest BCUT2D eigenvalue weighted by atomic mass is 9.82. The number of imide groups is 1. The third-order valence-electron chi connectivity index (χ3n) is 5.30. The van der Waals surface area contributed by atoms with Gasteiger partial charge in [0.15, 0.2) is 6.54 Å². The molecular weight excluding hydrogens is 384 g/mol. The molecular formula is C19H26ClN4O4+. The molecule has 0 radical (unpaired) electrons. The van der Waals surface area contributed by atoms with Crippen molar-refractivity contribution in [3.63, 3.8) is 0 Å². The van der Waals surface area contributed by atoms with E-state index in [1.807, 2.05) is 7.05 Å². The monoisotopic (exact) mass is 409 g/mol. The minimum absolute atomic E-state index is 0.0831. The minimum atomic E-state index is -0.852. The Morgan fingerprint density at radius 1 is 1.32 bits per heavy atom. The van der Waals surface area contributed by atoms with Gasteiger partial charge < -0.3 is 15.0 Å². The van der Waals surface area contributed by atoms with Crippen molar-refractivity contribution in [2.24, 2.45) is 0 Å². The van der Waals surface area contributed by atoms with E-state index in [0.717, 1.165) is 34.7 Å². The lowest BCUT2D eigenvalue weighted by Gasteiger charge is -2.30. The number of nitrogens with zero attached hydrogens (tertiary/aromatic N) is 1. The van der Waals surface area contributed by atoms with Gasteiger partial charge in [0.25, 0.3) is 11.8 Å². The van der Waals surface area contributed by atoms with Crippen molar-refractivity contribution in [1.29, 1.82) is 0 Å². The highest BCUT2D eigenvalue weighted by atomic mass is 35.5. The maximum absolute atomic E-state index is 12.7. The van der Waals surface area contributed by atoms with E-state index in [-0.39, 0.29) is 12.5 Å². The fourth-order valence-electron chi connectivity index (χ4n) is 3.93. The largest absolute Gasteiger partial charge is 0.496 e. The maximum Gasteiger partial charge on any atom is 0.344 e. The first-order valence-corrected chi connectivity index (χ1v) is 9.82. The van der Waals surface area contributed by atoms with E-state index >= 15 is 0 Å². The molecule has 0 aromatic heterocycles. The molecule has 1 aliphatic heterocycles. The van der Waals surface area contributed by atoms with Crippen LogP contribution in [0.25, 0.3) is 0 Å². The highest BCUT2D eigenvalue weighted by Crippen LogP contribution is 2.32. The molecule has 8 nitrogen and oxygen atoms in total. The average Bonchev–Trinajstić information content (AvgIpc) is 2.86. The molecule has 3 N–H and O–H groups in total. The highest BCUT2D eigenvalue weighted by molar-refractivity contribution is 6.30. The summed E-state index contributed by atoms with van der Waals surface area (Å²) in [7, 11) is 3.42. The van der Waals surface area contributed by atoms with Crippen LogP contribution in [-0.4, -0.2) is 49.1 Å². The number of carbonyl (C=O) groups is 3. The zero-order valence-corrected chi connectivity index (χ0v) is 16.9. The quantitative estimate of drug-likeness (QED) is 0.601. The molecule has 2 fully saturated rings. The summed E-state index contributed by atoms with van der Waals surface area (Å²) in [5.74, 6) is -0.0768. The van der Waals surface area contributed by atoms with Crippen LogP contribution >= 0.6 is 11.6 Å². The second-order valence-corrected chi connectivity index (χ2v) is 7.95. The molecule has 1 saturated carbocycles. The van der Waals surface area contributed by atoms with Crippen molar-refractivity contribution < 1.29 is 24.0 Å². The number of halogens is 1. The first kappa shape index (κ1) is 20.4. The first-order valence-electron chi connectivity index (χ1n) is 9.44. The fraction of sp³-hybridized carbons (Fsp3) is 0.526. The lowest BCUT2D eigenvalue weighted by molar-refractivity contribution is -0.885. The van der Waals surface area contributed by atoms with Crippen LogP contribution in [0.3, 0.4) is 0 Å². The molecule has 1 aromatic rings. The van der Waals surface area contributed by atoms with Crippen LogP contribution in [0.2, 0.25) is 5.02 Å². The number of hydrazine groups is 1. The fourth-order valence-corrected chi connectivity index (χ4v) is 4.12. The van der Waals surface area contributed by atoms with E-state index in [1.54, 1.807) is 25.3 Å². The van der Waals surface area contributed by atoms with Gasteiger partial charge in [-0.3, -0.25) is 15.0 Å². The van der Waals surface area contributed by atoms with Gasteiger partial charge in [0.2, 0.25) is 0 Å². The summed E-state index contributed by atoms with van der Waals surface area (Å²) in [6.07, 6.45) is 4.07. The lowest BCUT2D eigenvalue weighted by Crippen LogP contribution is -3.09. The predicted octanol–water partition coefficient (Wildman–Crippen LogP) is 0.649. The Balaban J connectivity index is 1.59. The number of hydrogen-bond donors (Lipinski definition) is 3. The normalized spacial score (nSPS) is 19.5. The van der Waals surface area contributed by atoms with E-state index in [9.17, 15) is 14.4 Å². The molecule has 0 bridgehead atoms. The van der Waals surface area contributed by atoms with Crippen LogP contribution in [0.5, 0.6) is 5.75 Å². The van der Waals surface area contributed by atoms with Gasteiger partial charge in [-0.05, 0) is 31.0 Å². The SMILES string of the molecule is COc1ccc(Cl)cc1C[NH+](C)CC(=O)NN1C(=O)NC2(CCCCC2)C1=O. The van der Waals surface area contributed by atoms with Gasteiger partial charge >= 0.3 is 6.03 Å². The van der Waals surface area contributed by atoms with Crippen molar-refractivity contribution in [2.45, 2.75) is 44.2 Å². The second kappa shape index (κ2) is 8.36. The van der Waals surface area contributed by atoms with E-state index in [1.165, 1.54) is 0 Å². The molecule has 152 valence electrons. The standard InChI is InChI=1S/C19H25ClN4O4/c1-23(11-13-10-14(20)6-7-15(13)28-2)12-16(25)22-24-17(26)19(21-18(24)27)8-4-3-5-9-19/h6-7,10H,3-5,8-9,11-12H2,1-2H3,(H,21,27)(H,22,25)/p+1. The Hall–Kier alpha value is -2.32. The van der Waals surface area contributed by atoms with E-state index in [4.69, 9.17) is 16.3 Å². The number of hydrogen-bond acceptors (Lipinski definition) is 4. The van der Waals surface area contributed by atoms with Crippen LogP contribution in [-0.2, 0) is 16.1 Å². The summed E-state index contributed by atoms with van der Waals surface area (Å²) in [6.45, 7) is 0.584. The van der Waals surface area contributed by atoms with Crippen molar-refractivity contribution in [3.8, 4) is 5.75 Å². The number of likely N-dealkylation sites (N-methyl/N-ethyl adjacent to an activating group) is 1. The number of nitrogens with one attached hydrogen (secondary N) is 3. The Morgan fingerprint density at radius 2 is 2.04 bits per heavy atom. The van der Waals surface area contributed by atoms with Gasteiger partial charge in [0.1, 0.15) is 17.8 Å². The van der Waals surface area contributed by atoms with Crippen LogP contribution in [0.15, 0.2) is 18.2 Å². The number of amides is 4. The van der Waals surface area contributed by atoms with Crippen LogP contribution in [0.4, 0.5) is 4.79 Å². The van der Waals surface area contributed by atoms with Crippen molar-refractivity contribution >= 4 is 29.4 Å². The van der Waals surface area contributed by atoms with Crippen LogP contribution in [0.1, 0.15) is 37.7 Å². The second-order valence-electron chi connectivity index (χ2n) is 7.52. The summed E-state index contributed by atoms with van der Waals surface area (Å²) in [6, 6.07) is 4.76. The molecule has 1 aromatic carbocycles. The number of carbonyl (C=O) groups excluding carboxylic acids is 3. The Morgan fingerprint density at radius 3 is 2.71 bits per heavy atom. The molecule has 1 heterocycles. The summed E-state index contributed by atoms with van der Waals surface area (Å²) >= 11 is 6.05. The number of quaternary nitrogens is 1. The molecule has 1 aliphatic carbocycles. The Kier molecular flexibility index (Phi) is 6.10. The van der Waals surface area contributed by atoms with Gasteiger partial charge in [-0.1, -0.05) is 30.9 Å². The Labute approximate surface area is 169 Å². The number of rotatable bonds is 6. The third kappa shape index (κ3) is 4.23. The van der Waals surface area contributed by atoms with Gasteiger partial charge in [0, 0.05) is 10.6 Å². The van der Waals surface area contributed by atoms with E-state index in [0.29, 0.717) is 30.2 Å². The molecule has 2 aliphatic rings. The van der Waals surface area contributed by atoms with Gasteiger partial charge in [-0.25, -0.2) is 4.79 Å². The van der Waals surface area contributed by atoms with Crippen molar-refractivity contribution in [2.75, 3.05) is 20.7 Å². The molecule has 1 spiro atoms. The minimum Gasteiger partial charge on any atom is -0.496 e. The Bertz CT molecular complexity index is 779. The topological polar surface area (TPSA) is 92.2 Å². The number of benzene rings is 1. The molecule has 1 saturated heterocycles. The number of urea groups is 1. The molecule has 4 amide bonds. The van der Waals surface area contributed by atoms with Crippen LogP contribution < -0.4 is 20.4 Å². The summed E-state index contributed by atoms with van der Waals surface area (Å²) in [5, 5.41) is 4.20. The molecule has 1 unspecified atom stereocenters. The van der Waals surface area contributed by atoms with Gasteiger partial charge in [-0.15, -0.1) is 0 Å². The highest BCUT2D eigenvalue weighted by Gasteiger charge is 2.52. The van der Waals surface area contributed by atoms with E-state index < -0.39 is 17.5 Å². The summed E-state index contributed by atoms with van der Waals surface area (Å²) in [4.78, 5) is 38.2. The zero-order chi connectivity index (χ0) is 20.3. The third-order valence-corrected chi connectivity index (χ3v) is 5.54. The van der Waals surface area contributed by atoms with Crippen LogP contribution in [0, 0.1) is 0 Å². The summed E-state index contributed by atoms with van der Waals surface area (Å²) < 4.78 is 5.33. The molecule has 9 heteroatoms. The van der Waals surface area contributed by atoms with Crippen molar-refractivity contribution in [3.05, 3.63) is 28.8 Å². The van der Waals surface area contributed by atoms with Gasteiger partial charge in [-0.2, -0.15) is 5.01 Å². The summed E-state index contributed by atoms with van der Waals surface area (Å²) in [5.41, 5.74) is 2.48. The molecule has 28 heavy (non-hydrogen) atoms. The maximum atomic E-state index is 12.7. The van der Waals surface area contributed by atoms with E-state index in [2.05, 4.69) is 10.7 Å². The molecule has 3 rings (SSSR count). The van der Waals surface area contributed by atoms with Gasteiger partial charge in [0.05, 0.1) is 14.2 Å².